The van der Waals surface area contributed by atoms with Crippen LogP contribution in [0.3, 0.4) is 0 Å². The first-order chi connectivity index (χ1) is 8.78. The van der Waals surface area contributed by atoms with E-state index in [2.05, 4.69) is 4.98 Å². The third kappa shape index (κ3) is 1.93. The Bertz CT molecular complexity index is 549. The molecule has 1 aliphatic rings. The molecule has 0 aliphatic carbocycles. The van der Waals surface area contributed by atoms with Gasteiger partial charge in [0.2, 0.25) is 5.91 Å². The summed E-state index contributed by atoms with van der Waals surface area (Å²) in [5, 5.41) is 11.6. The van der Waals surface area contributed by atoms with E-state index >= 15 is 0 Å². The van der Waals surface area contributed by atoms with Crippen LogP contribution >= 0.6 is 11.3 Å². The minimum atomic E-state index is 0.0217. The molecule has 0 bridgehead atoms. The number of anilines is 1. The van der Waals surface area contributed by atoms with E-state index in [1.807, 2.05) is 11.4 Å². The average molecular weight is 264 g/mol. The number of aliphatic hydroxyl groups excluding tert-OH is 1. The van der Waals surface area contributed by atoms with E-state index in [9.17, 15) is 4.79 Å². The zero-order valence-corrected chi connectivity index (χ0v) is 10.4. The van der Waals surface area contributed by atoms with Crippen LogP contribution in [-0.4, -0.2) is 29.1 Å². The summed E-state index contributed by atoms with van der Waals surface area (Å²) in [4.78, 5) is 17.8. The molecule has 0 spiro atoms. The van der Waals surface area contributed by atoms with Gasteiger partial charge in [-0.05, 0) is 12.1 Å². The number of thiazole rings is 1. The number of carbonyl (C=O) groups is 1. The first-order valence-corrected chi connectivity index (χ1v) is 6.56. The van der Waals surface area contributed by atoms with Crippen LogP contribution in [0.2, 0.25) is 0 Å². The third-order valence-electron chi connectivity index (χ3n) is 2.96. The smallest absolute Gasteiger partial charge is 0.229 e. The molecule has 2 aromatic heterocycles. The average Bonchev–Trinajstić information content (AvgIpc) is 3.08. The minimum absolute atomic E-state index is 0.0217. The summed E-state index contributed by atoms with van der Waals surface area (Å²) >= 11 is 1.41. The number of aliphatic hydroxyl groups is 1. The number of hydrogen-bond acceptors (Lipinski definition) is 5. The highest BCUT2D eigenvalue weighted by atomic mass is 32.1. The van der Waals surface area contributed by atoms with E-state index in [0.717, 1.165) is 5.69 Å². The standard InChI is InChI=1S/C12H12N2O3S/c15-6-8-4-11(16)14(5-8)12-13-9(7-18-12)10-2-1-3-17-10/h1-3,7-8,15H,4-6H2. The number of amides is 1. The van der Waals surface area contributed by atoms with Crippen LogP contribution in [-0.2, 0) is 4.79 Å². The van der Waals surface area contributed by atoms with Gasteiger partial charge >= 0.3 is 0 Å². The largest absolute Gasteiger partial charge is 0.463 e. The van der Waals surface area contributed by atoms with Crippen molar-refractivity contribution in [1.82, 2.24) is 4.98 Å². The molecule has 94 valence electrons. The second-order valence-corrected chi connectivity index (χ2v) is 5.09. The molecule has 1 unspecified atom stereocenters. The Hall–Kier alpha value is -1.66. The molecule has 1 aliphatic heterocycles. The summed E-state index contributed by atoms with van der Waals surface area (Å²) in [5.74, 6) is 0.741. The van der Waals surface area contributed by atoms with Crippen LogP contribution in [0.4, 0.5) is 5.13 Å². The van der Waals surface area contributed by atoms with Gasteiger partial charge in [-0.25, -0.2) is 4.98 Å². The van der Waals surface area contributed by atoms with E-state index in [4.69, 9.17) is 9.52 Å². The van der Waals surface area contributed by atoms with E-state index in [1.54, 1.807) is 17.2 Å². The topological polar surface area (TPSA) is 66.6 Å². The molecular weight excluding hydrogens is 252 g/mol. The van der Waals surface area contributed by atoms with E-state index < -0.39 is 0 Å². The van der Waals surface area contributed by atoms with Crippen molar-refractivity contribution in [2.75, 3.05) is 18.1 Å². The SMILES string of the molecule is O=C1CC(CO)CN1c1nc(-c2ccco2)cs1. The highest BCUT2D eigenvalue weighted by molar-refractivity contribution is 7.14. The molecule has 1 amide bonds. The predicted octanol–water partition coefficient (Wildman–Crippen LogP) is 1.75. The van der Waals surface area contributed by atoms with Crippen LogP contribution < -0.4 is 4.90 Å². The monoisotopic (exact) mass is 264 g/mol. The molecule has 18 heavy (non-hydrogen) atoms. The number of aromatic nitrogens is 1. The van der Waals surface area contributed by atoms with Crippen LogP contribution in [0.1, 0.15) is 6.42 Å². The van der Waals surface area contributed by atoms with Gasteiger partial charge in [0.1, 0.15) is 5.69 Å². The normalized spacial score (nSPS) is 19.7. The fraction of sp³-hybridized carbons (Fsp3) is 0.333. The zero-order valence-electron chi connectivity index (χ0n) is 9.57. The lowest BCUT2D eigenvalue weighted by Crippen LogP contribution is -2.24. The van der Waals surface area contributed by atoms with Gasteiger partial charge in [0.15, 0.2) is 10.9 Å². The van der Waals surface area contributed by atoms with Crippen LogP contribution in [0.25, 0.3) is 11.5 Å². The van der Waals surface area contributed by atoms with Gasteiger partial charge in [-0.2, -0.15) is 0 Å². The van der Waals surface area contributed by atoms with Crippen molar-refractivity contribution in [2.24, 2.45) is 5.92 Å². The van der Waals surface area contributed by atoms with Gasteiger partial charge < -0.3 is 9.52 Å². The number of hydrogen-bond donors (Lipinski definition) is 1. The maximum Gasteiger partial charge on any atom is 0.229 e. The molecule has 1 atom stereocenters. The van der Waals surface area contributed by atoms with Crippen molar-refractivity contribution >= 4 is 22.4 Å². The van der Waals surface area contributed by atoms with Crippen molar-refractivity contribution < 1.29 is 14.3 Å². The molecule has 6 heteroatoms. The molecule has 1 saturated heterocycles. The van der Waals surface area contributed by atoms with Crippen molar-refractivity contribution in [3.8, 4) is 11.5 Å². The number of nitrogens with zero attached hydrogens (tertiary/aromatic N) is 2. The molecule has 3 heterocycles. The molecule has 0 radical (unpaired) electrons. The Morgan fingerprint density at radius 1 is 1.61 bits per heavy atom. The Morgan fingerprint density at radius 3 is 3.17 bits per heavy atom. The fourth-order valence-corrected chi connectivity index (χ4v) is 2.86. The van der Waals surface area contributed by atoms with Gasteiger partial charge in [0.05, 0.1) is 6.26 Å². The van der Waals surface area contributed by atoms with Crippen molar-refractivity contribution in [2.45, 2.75) is 6.42 Å². The number of rotatable bonds is 3. The van der Waals surface area contributed by atoms with E-state index in [-0.39, 0.29) is 18.4 Å². The molecule has 5 nitrogen and oxygen atoms in total. The summed E-state index contributed by atoms with van der Waals surface area (Å²) in [6, 6.07) is 3.64. The molecule has 3 rings (SSSR count). The Labute approximate surface area is 108 Å². The number of carbonyl (C=O) groups excluding carboxylic acids is 1. The molecule has 0 aromatic carbocycles. The van der Waals surface area contributed by atoms with Crippen molar-refractivity contribution in [1.29, 1.82) is 0 Å². The number of furan rings is 1. The predicted molar refractivity (Wildman–Crippen MR) is 67.4 cm³/mol. The Kier molecular flexibility index (Phi) is 2.89. The van der Waals surface area contributed by atoms with Crippen molar-refractivity contribution in [3.63, 3.8) is 0 Å². The van der Waals surface area contributed by atoms with E-state index in [1.165, 1.54) is 11.3 Å². The summed E-state index contributed by atoms with van der Waals surface area (Å²) in [6.45, 7) is 0.582. The van der Waals surface area contributed by atoms with Gasteiger partial charge in [0, 0.05) is 30.9 Å². The lowest BCUT2D eigenvalue weighted by Gasteiger charge is -2.11. The highest BCUT2D eigenvalue weighted by Gasteiger charge is 2.31. The first kappa shape index (κ1) is 11.4. The van der Waals surface area contributed by atoms with Crippen LogP contribution in [0, 0.1) is 5.92 Å². The maximum absolute atomic E-state index is 11.8. The van der Waals surface area contributed by atoms with Crippen LogP contribution in [0.15, 0.2) is 28.2 Å². The van der Waals surface area contributed by atoms with E-state index in [0.29, 0.717) is 23.9 Å². The Morgan fingerprint density at radius 2 is 2.50 bits per heavy atom. The zero-order chi connectivity index (χ0) is 12.5. The second-order valence-electron chi connectivity index (χ2n) is 4.25. The summed E-state index contributed by atoms with van der Waals surface area (Å²) < 4.78 is 5.27. The molecular formula is C12H12N2O3S. The minimum Gasteiger partial charge on any atom is -0.463 e. The van der Waals surface area contributed by atoms with Gasteiger partial charge in [-0.3, -0.25) is 9.69 Å². The quantitative estimate of drug-likeness (QED) is 0.917. The highest BCUT2D eigenvalue weighted by Crippen LogP contribution is 2.31. The summed E-state index contributed by atoms with van der Waals surface area (Å²) in [7, 11) is 0. The Balaban J connectivity index is 1.84. The second kappa shape index (κ2) is 4.55. The first-order valence-electron chi connectivity index (χ1n) is 5.68. The molecule has 2 aromatic rings. The van der Waals surface area contributed by atoms with Gasteiger partial charge in [-0.15, -0.1) is 11.3 Å². The maximum atomic E-state index is 11.8. The summed E-state index contributed by atoms with van der Waals surface area (Å²) in [5.41, 5.74) is 0.736. The third-order valence-corrected chi connectivity index (χ3v) is 3.82. The van der Waals surface area contributed by atoms with Crippen LogP contribution in [0.5, 0.6) is 0 Å². The molecule has 1 N–H and O–H groups in total. The molecule has 1 fully saturated rings. The van der Waals surface area contributed by atoms with Gasteiger partial charge in [0.25, 0.3) is 0 Å². The summed E-state index contributed by atoms with van der Waals surface area (Å²) in [6.07, 6.45) is 1.99. The lowest BCUT2D eigenvalue weighted by atomic mass is 10.1. The van der Waals surface area contributed by atoms with Gasteiger partial charge in [-0.1, -0.05) is 0 Å². The lowest BCUT2D eigenvalue weighted by molar-refractivity contribution is -0.117. The van der Waals surface area contributed by atoms with Crippen molar-refractivity contribution in [3.05, 3.63) is 23.8 Å². The molecule has 0 saturated carbocycles. The fourth-order valence-electron chi connectivity index (χ4n) is 2.01.